The average molecular weight is 782 g/mol. The molecule has 9 aromatic carbocycles. The van der Waals surface area contributed by atoms with Crippen LogP contribution in [0.5, 0.6) is 0 Å². The Hall–Kier alpha value is -7.22. The van der Waals surface area contributed by atoms with Crippen LogP contribution in [0.2, 0.25) is 0 Å². The zero-order chi connectivity index (χ0) is 41.3. The molecular weight excluding hydrogens is 735 g/mol. The molecule has 2 aliphatic rings. The number of rotatable bonds is 7. The zero-order valence-electron chi connectivity index (χ0n) is 35.2. The lowest BCUT2D eigenvalue weighted by atomic mass is 9.80. The van der Waals surface area contributed by atoms with Crippen LogP contribution in [-0.2, 0) is 10.8 Å². The van der Waals surface area contributed by atoms with Crippen molar-refractivity contribution in [3.8, 4) is 66.8 Å². The van der Waals surface area contributed by atoms with Crippen LogP contribution >= 0.6 is 0 Å². The fourth-order valence-electron chi connectivity index (χ4n) is 10.6. The van der Waals surface area contributed by atoms with Gasteiger partial charge in [-0.3, -0.25) is 0 Å². The fourth-order valence-corrected chi connectivity index (χ4v) is 10.6. The van der Waals surface area contributed by atoms with Crippen LogP contribution in [0.15, 0.2) is 212 Å². The third-order valence-electron chi connectivity index (χ3n) is 13.5. The van der Waals surface area contributed by atoms with Crippen molar-refractivity contribution < 1.29 is 0 Å². The maximum atomic E-state index is 2.60. The quantitative estimate of drug-likeness (QED) is 0.156. The Balaban J connectivity index is 1.23. The van der Waals surface area contributed by atoms with Gasteiger partial charge in [0.15, 0.2) is 0 Å². The van der Waals surface area contributed by atoms with Gasteiger partial charge >= 0.3 is 0 Å². The molecule has 0 amide bonds. The largest absolute Gasteiger partial charge is 0.309 e. The van der Waals surface area contributed by atoms with E-state index in [0.717, 1.165) is 11.4 Å². The molecule has 0 aliphatic heterocycles. The van der Waals surface area contributed by atoms with Crippen LogP contribution in [0, 0.1) is 0 Å². The van der Waals surface area contributed by atoms with Crippen molar-refractivity contribution in [3.05, 3.63) is 235 Å². The molecule has 0 N–H and O–H groups in total. The van der Waals surface area contributed by atoms with E-state index < -0.39 is 0 Å². The van der Waals surface area contributed by atoms with E-state index in [0.29, 0.717) is 0 Å². The zero-order valence-corrected chi connectivity index (χ0v) is 35.2. The van der Waals surface area contributed by atoms with Gasteiger partial charge in [0.1, 0.15) is 0 Å². The minimum Gasteiger partial charge on any atom is -0.309 e. The smallest absolute Gasteiger partial charge is 0.0546 e. The number of hydrogen-bond acceptors (Lipinski definition) is 1. The van der Waals surface area contributed by atoms with Gasteiger partial charge < -0.3 is 4.90 Å². The van der Waals surface area contributed by atoms with Crippen LogP contribution in [-0.4, -0.2) is 0 Å². The van der Waals surface area contributed by atoms with E-state index in [2.05, 4.69) is 245 Å². The second kappa shape index (κ2) is 14.2. The van der Waals surface area contributed by atoms with Crippen molar-refractivity contribution in [1.29, 1.82) is 0 Å². The topological polar surface area (TPSA) is 3.24 Å². The second-order valence-electron chi connectivity index (χ2n) is 17.6. The Labute approximate surface area is 360 Å². The molecule has 1 heteroatoms. The molecule has 0 unspecified atom stereocenters. The van der Waals surface area contributed by atoms with Crippen LogP contribution < -0.4 is 4.90 Å². The molecule has 2 aliphatic carbocycles. The van der Waals surface area contributed by atoms with Gasteiger partial charge in [0.25, 0.3) is 0 Å². The third-order valence-corrected chi connectivity index (χ3v) is 13.5. The highest BCUT2D eigenvalue weighted by Gasteiger charge is 2.40. The molecular formula is C60H47N. The van der Waals surface area contributed by atoms with Gasteiger partial charge in [-0.25, -0.2) is 0 Å². The second-order valence-corrected chi connectivity index (χ2v) is 17.6. The fraction of sp³-hybridized carbons (Fsp3) is 0.100. The molecule has 9 aromatic rings. The monoisotopic (exact) mass is 781 g/mol. The van der Waals surface area contributed by atoms with Crippen molar-refractivity contribution in [3.63, 3.8) is 0 Å². The molecule has 11 rings (SSSR count). The van der Waals surface area contributed by atoms with E-state index >= 15 is 0 Å². The average Bonchev–Trinajstić information content (AvgIpc) is 3.69. The minimum atomic E-state index is -0.252. The first-order valence-electron chi connectivity index (χ1n) is 21.5. The summed E-state index contributed by atoms with van der Waals surface area (Å²) in [4.78, 5) is 2.60. The molecule has 0 heterocycles. The molecule has 1 nitrogen and oxygen atoms in total. The standard InChI is InChI=1S/C60H47N/c1-59(2)51-32-16-13-27-46(51)48-38-37-42(39-53(48)59)44-26-15-18-34-54(44)61(56-36-20-31-50-47-28-14-17-33-52(47)60(3,4)58(50)56)55-35-19-30-45(41-23-9-6-10-24-41)57(55)49-29-12-11-25-43(49)40-21-7-5-8-22-40/h5-39H,1-4H3. The van der Waals surface area contributed by atoms with Crippen LogP contribution in [0.1, 0.15) is 49.9 Å². The van der Waals surface area contributed by atoms with Gasteiger partial charge in [0, 0.05) is 22.0 Å². The lowest BCUT2D eigenvalue weighted by Crippen LogP contribution is -2.21. The summed E-state index contributed by atoms with van der Waals surface area (Å²) in [5, 5.41) is 0. The summed E-state index contributed by atoms with van der Waals surface area (Å²) < 4.78 is 0. The summed E-state index contributed by atoms with van der Waals surface area (Å²) in [5.41, 5.74) is 23.4. The summed E-state index contributed by atoms with van der Waals surface area (Å²) in [6.07, 6.45) is 0. The van der Waals surface area contributed by atoms with Gasteiger partial charge in [-0.05, 0) is 102 Å². The Kier molecular flexibility index (Phi) is 8.58. The highest BCUT2D eigenvalue weighted by molar-refractivity contribution is 6.04. The van der Waals surface area contributed by atoms with Gasteiger partial charge in [-0.1, -0.05) is 216 Å². The molecule has 0 saturated carbocycles. The minimum absolute atomic E-state index is 0.120. The predicted molar refractivity (Wildman–Crippen MR) is 258 cm³/mol. The molecule has 0 aromatic heterocycles. The SMILES string of the molecule is CC1(C)c2ccccc2-c2ccc(-c3ccccc3N(c3cccc(-c4ccccc4)c3-c3ccccc3-c3ccccc3)c3cccc4c3C(C)(C)c3ccccc3-4)cc21. The first kappa shape index (κ1) is 36.8. The van der Waals surface area contributed by atoms with Crippen molar-refractivity contribution in [1.82, 2.24) is 0 Å². The maximum Gasteiger partial charge on any atom is 0.0546 e. The van der Waals surface area contributed by atoms with Gasteiger partial charge in [0.2, 0.25) is 0 Å². The van der Waals surface area contributed by atoms with E-state index in [1.165, 1.54) is 94.7 Å². The van der Waals surface area contributed by atoms with Crippen molar-refractivity contribution >= 4 is 17.1 Å². The molecule has 292 valence electrons. The first-order chi connectivity index (χ1) is 29.8. The summed E-state index contributed by atoms with van der Waals surface area (Å²) in [6.45, 7) is 9.55. The Bertz CT molecular complexity index is 3130. The summed E-state index contributed by atoms with van der Waals surface area (Å²) in [7, 11) is 0. The van der Waals surface area contributed by atoms with Crippen LogP contribution in [0.25, 0.3) is 66.8 Å². The van der Waals surface area contributed by atoms with E-state index in [1.54, 1.807) is 0 Å². The lowest BCUT2D eigenvalue weighted by Gasteiger charge is -2.35. The maximum absolute atomic E-state index is 2.60. The highest BCUT2D eigenvalue weighted by atomic mass is 15.2. The molecule has 0 atom stereocenters. The Morgan fingerprint density at radius 3 is 1.43 bits per heavy atom. The normalized spacial score (nSPS) is 13.8. The summed E-state index contributed by atoms with van der Waals surface area (Å²) in [6, 6.07) is 78.7. The lowest BCUT2D eigenvalue weighted by molar-refractivity contribution is 0.660. The summed E-state index contributed by atoms with van der Waals surface area (Å²) in [5.74, 6) is 0. The highest BCUT2D eigenvalue weighted by Crippen LogP contribution is 2.57. The van der Waals surface area contributed by atoms with E-state index in [9.17, 15) is 0 Å². The van der Waals surface area contributed by atoms with E-state index in [4.69, 9.17) is 0 Å². The molecule has 0 fully saturated rings. The van der Waals surface area contributed by atoms with Crippen molar-refractivity contribution in [2.24, 2.45) is 0 Å². The molecule has 0 spiro atoms. The van der Waals surface area contributed by atoms with Crippen LogP contribution in [0.3, 0.4) is 0 Å². The van der Waals surface area contributed by atoms with E-state index in [-0.39, 0.29) is 10.8 Å². The van der Waals surface area contributed by atoms with Gasteiger partial charge in [0.05, 0.1) is 17.1 Å². The molecule has 0 bridgehead atoms. The number of benzene rings is 9. The van der Waals surface area contributed by atoms with Crippen molar-refractivity contribution in [2.45, 2.75) is 38.5 Å². The number of anilines is 3. The molecule has 61 heavy (non-hydrogen) atoms. The van der Waals surface area contributed by atoms with Gasteiger partial charge in [-0.15, -0.1) is 0 Å². The predicted octanol–water partition coefficient (Wildman–Crippen LogP) is 16.4. The number of hydrogen-bond donors (Lipinski definition) is 0. The molecule has 0 radical (unpaired) electrons. The van der Waals surface area contributed by atoms with E-state index in [1.807, 2.05) is 0 Å². The van der Waals surface area contributed by atoms with Crippen LogP contribution in [0.4, 0.5) is 17.1 Å². The molecule has 0 saturated heterocycles. The Morgan fingerprint density at radius 2 is 0.738 bits per heavy atom. The number of nitrogens with zero attached hydrogens (tertiary/aromatic N) is 1. The Morgan fingerprint density at radius 1 is 0.279 bits per heavy atom. The summed E-state index contributed by atoms with van der Waals surface area (Å²) >= 11 is 0. The first-order valence-corrected chi connectivity index (χ1v) is 21.5. The number of para-hydroxylation sites is 1. The number of fused-ring (bicyclic) bond motifs is 6. The third kappa shape index (κ3) is 5.76. The van der Waals surface area contributed by atoms with Gasteiger partial charge in [-0.2, -0.15) is 0 Å². The van der Waals surface area contributed by atoms with Crippen molar-refractivity contribution in [2.75, 3.05) is 4.90 Å².